The molecule has 2 heterocycles. The largest absolute Gasteiger partial charge is 0.493 e. The van der Waals surface area contributed by atoms with Gasteiger partial charge in [0.15, 0.2) is 0 Å². The lowest BCUT2D eigenvalue weighted by Gasteiger charge is -2.23. The highest BCUT2D eigenvalue weighted by Crippen LogP contribution is 2.34. The molecule has 0 bridgehead atoms. The van der Waals surface area contributed by atoms with E-state index in [-0.39, 0.29) is 0 Å². The predicted octanol–water partition coefficient (Wildman–Crippen LogP) is 2.55. The highest BCUT2D eigenvalue weighted by molar-refractivity contribution is 9.10. The molecule has 1 fully saturated rings. The van der Waals surface area contributed by atoms with Crippen molar-refractivity contribution in [2.24, 2.45) is 5.92 Å². The van der Waals surface area contributed by atoms with Gasteiger partial charge in [-0.05, 0) is 43.1 Å². The molecule has 0 aromatic heterocycles. The average molecular weight is 326 g/mol. The van der Waals surface area contributed by atoms with Crippen LogP contribution in [0.15, 0.2) is 16.6 Å². The summed E-state index contributed by atoms with van der Waals surface area (Å²) in [6.45, 7) is 2.59. The van der Waals surface area contributed by atoms with Crippen LogP contribution in [-0.2, 0) is 17.6 Å². The summed E-state index contributed by atoms with van der Waals surface area (Å²) in [4.78, 5) is 0. The van der Waals surface area contributed by atoms with Crippen molar-refractivity contribution in [2.75, 3.05) is 26.9 Å². The molecule has 19 heavy (non-hydrogen) atoms. The Hall–Kier alpha value is -0.580. The Morgan fingerprint density at radius 1 is 1.42 bits per heavy atom. The van der Waals surface area contributed by atoms with Crippen LogP contribution in [0.5, 0.6) is 5.75 Å². The molecule has 4 heteroatoms. The lowest BCUT2D eigenvalue weighted by atomic mass is 9.92. The first-order valence-electron chi connectivity index (χ1n) is 6.97. The number of hydrogen-bond acceptors (Lipinski definition) is 3. The van der Waals surface area contributed by atoms with Gasteiger partial charge in [0, 0.05) is 29.5 Å². The molecule has 0 radical (unpaired) electrons. The molecule has 2 aliphatic heterocycles. The standard InChI is InChI=1S/C15H20BrNO2/c1-17-14(11-2-4-18-9-11)8-12-7-13(16)6-10-3-5-19-15(10)12/h6-7,11,14,17H,2-5,8-9H2,1H3. The van der Waals surface area contributed by atoms with Gasteiger partial charge in [0.25, 0.3) is 0 Å². The Kier molecular flexibility index (Phi) is 4.10. The molecule has 2 unspecified atom stereocenters. The van der Waals surface area contributed by atoms with E-state index in [4.69, 9.17) is 9.47 Å². The maximum atomic E-state index is 5.81. The van der Waals surface area contributed by atoms with E-state index in [0.717, 1.165) is 49.3 Å². The quantitative estimate of drug-likeness (QED) is 0.922. The zero-order chi connectivity index (χ0) is 13.2. The highest BCUT2D eigenvalue weighted by Gasteiger charge is 2.27. The number of hydrogen-bond donors (Lipinski definition) is 1. The Morgan fingerprint density at radius 2 is 2.32 bits per heavy atom. The lowest BCUT2D eigenvalue weighted by Crippen LogP contribution is -2.36. The average Bonchev–Trinajstić information content (AvgIpc) is 3.05. The molecule has 104 valence electrons. The molecule has 1 saturated heterocycles. The van der Waals surface area contributed by atoms with E-state index < -0.39 is 0 Å². The number of likely N-dealkylation sites (N-methyl/N-ethyl adjacent to an activating group) is 1. The van der Waals surface area contributed by atoms with Crippen molar-refractivity contribution < 1.29 is 9.47 Å². The monoisotopic (exact) mass is 325 g/mol. The highest BCUT2D eigenvalue weighted by atomic mass is 79.9. The second-order valence-electron chi connectivity index (χ2n) is 5.37. The minimum atomic E-state index is 0.463. The van der Waals surface area contributed by atoms with Gasteiger partial charge < -0.3 is 14.8 Å². The molecule has 0 saturated carbocycles. The van der Waals surface area contributed by atoms with Gasteiger partial charge in [-0.25, -0.2) is 0 Å². The van der Waals surface area contributed by atoms with E-state index in [1.807, 2.05) is 7.05 Å². The van der Waals surface area contributed by atoms with Crippen LogP contribution < -0.4 is 10.1 Å². The summed E-state index contributed by atoms with van der Waals surface area (Å²) in [6.07, 6.45) is 3.19. The number of rotatable bonds is 4. The van der Waals surface area contributed by atoms with Gasteiger partial charge in [-0.1, -0.05) is 15.9 Å². The van der Waals surface area contributed by atoms with E-state index >= 15 is 0 Å². The number of halogens is 1. The molecule has 2 aliphatic rings. The van der Waals surface area contributed by atoms with Crippen molar-refractivity contribution in [1.82, 2.24) is 5.32 Å². The van der Waals surface area contributed by atoms with E-state index in [1.54, 1.807) is 0 Å². The lowest BCUT2D eigenvalue weighted by molar-refractivity contribution is 0.177. The van der Waals surface area contributed by atoms with Crippen LogP contribution in [0, 0.1) is 5.92 Å². The van der Waals surface area contributed by atoms with E-state index in [0.29, 0.717) is 12.0 Å². The van der Waals surface area contributed by atoms with Gasteiger partial charge in [-0.3, -0.25) is 0 Å². The van der Waals surface area contributed by atoms with Crippen molar-refractivity contribution in [3.63, 3.8) is 0 Å². The fourth-order valence-electron chi connectivity index (χ4n) is 3.11. The van der Waals surface area contributed by atoms with Crippen LogP contribution in [0.2, 0.25) is 0 Å². The van der Waals surface area contributed by atoms with E-state index in [1.165, 1.54) is 11.1 Å². The fraction of sp³-hybridized carbons (Fsp3) is 0.600. The maximum Gasteiger partial charge on any atom is 0.125 e. The minimum Gasteiger partial charge on any atom is -0.493 e. The molecule has 0 amide bonds. The summed E-state index contributed by atoms with van der Waals surface area (Å²) in [6, 6.07) is 4.84. The van der Waals surface area contributed by atoms with Gasteiger partial charge in [-0.2, -0.15) is 0 Å². The fourth-order valence-corrected chi connectivity index (χ4v) is 3.66. The number of fused-ring (bicyclic) bond motifs is 1. The minimum absolute atomic E-state index is 0.463. The van der Waals surface area contributed by atoms with Crippen molar-refractivity contribution in [2.45, 2.75) is 25.3 Å². The molecule has 1 aromatic carbocycles. The van der Waals surface area contributed by atoms with E-state index in [9.17, 15) is 0 Å². The summed E-state index contributed by atoms with van der Waals surface area (Å²) < 4.78 is 12.5. The van der Waals surface area contributed by atoms with Gasteiger partial charge in [-0.15, -0.1) is 0 Å². The Bertz CT molecular complexity index is 458. The SMILES string of the molecule is CNC(Cc1cc(Br)cc2c1OCC2)C1CCOC1. The molecule has 2 atom stereocenters. The van der Waals surface area contributed by atoms with Crippen LogP contribution in [0.1, 0.15) is 17.5 Å². The maximum absolute atomic E-state index is 5.81. The van der Waals surface area contributed by atoms with Crippen molar-refractivity contribution in [3.05, 3.63) is 27.7 Å². The van der Waals surface area contributed by atoms with Gasteiger partial charge in [0.05, 0.1) is 13.2 Å². The van der Waals surface area contributed by atoms with Gasteiger partial charge in [0.1, 0.15) is 5.75 Å². The molecule has 3 rings (SSSR count). The summed E-state index contributed by atoms with van der Waals surface area (Å²) in [5.74, 6) is 1.73. The van der Waals surface area contributed by atoms with Crippen LogP contribution in [-0.4, -0.2) is 32.9 Å². The van der Waals surface area contributed by atoms with Crippen LogP contribution in [0.3, 0.4) is 0 Å². The first-order chi connectivity index (χ1) is 9.28. The molecule has 3 nitrogen and oxygen atoms in total. The van der Waals surface area contributed by atoms with E-state index in [2.05, 4.69) is 33.4 Å². The zero-order valence-electron chi connectivity index (χ0n) is 11.2. The topological polar surface area (TPSA) is 30.5 Å². The Labute approximate surface area is 122 Å². The molecule has 0 spiro atoms. The van der Waals surface area contributed by atoms with Crippen LogP contribution >= 0.6 is 15.9 Å². The molecular weight excluding hydrogens is 306 g/mol. The number of ether oxygens (including phenoxy) is 2. The second kappa shape index (κ2) is 5.81. The van der Waals surface area contributed by atoms with Gasteiger partial charge in [0.2, 0.25) is 0 Å². The third-order valence-electron chi connectivity index (χ3n) is 4.17. The summed E-state index contributed by atoms with van der Waals surface area (Å²) in [7, 11) is 2.04. The van der Waals surface area contributed by atoms with Crippen LogP contribution in [0.25, 0.3) is 0 Å². The number of nitrogens with one attached hydrogen (secondary N) is 1. The second-order valence-corrected chi connectivity index (χ2v) is 6.29. The Morgan fingerprint density at radius 3 is 3.05 bits per heavy atom. The molecule has 1 N–H and O–H groups in total. The Balaban J connectivity index is 1.81. The van der Waals surface area contributed by atoms with Gasteiger partial charge >= 0.3 is 0 Å². The van der Waals surface area contributed by atoms with Crippen molar-refractivity contribution in [1.29, 1.82) is 0 Å². The summed E-state index contributed by atoms with van der Waals surface area (Å²) in [5.41, 5.74) is 2.65. The number of benzene rings is 1. The summed E-state index contributed by atoms with van der Waals surface area (Å²) >= 11 is 3.61. The first-order valence-corrected chi connectivity index (χ1v) is 7.76. The predicted molar refractivity (Wildman–Crippen MR) is 78.8 cm³/mol. The normalized spacial score (nSPS) is 23.2. The third-order valence-corrected chi connectivity index (χ3v) is 4.63. The van der Waals surface area contributed by atoms with Crippen molar-refractivity contribution in [3.8, 4) is 5.75 Å². The molecular formula is C15H20BrNO2. The molecule has 0 aliphatic carbocycles. The smallest absolute Gasteiger partial charge is 0.125 e. The van der Waals surface area contributed by atoms with Crippen molar-refractivity contribution >= 4 is 15.9 Å². The molecule has 1 aromatic rings. The third kappa shape index (κ3) is 2.81. The summed E-state index contributed by atoms with van der Waals surface area (Å²) in [5, 5.41) is 3.45. The zero-order valence-corrected chi connectivity index (χ0v) is 12.8. The first kappa shape index (κ1) is 13.4. The van der Waals surface area contributed by atoms with Crippen LogP contribution in [0.4, 0.5) is 0 Å².